The molecule has 2 fully saturated rings. The molecule has 4 N–H and O–H groups in total. The lowest BCUT2D eigenvalue weighted by atomic mass is 9.87. The predicted molar refractivity (Wildman–Crippen MR) is 105 cm³/mol. The first-order valence-corrected chi connectivity index (χ1v) is 9.66. The van der Waals surface area contributed by atoms with Crippen molar-refractivity contribution in [3.8, 4) is 0 Å². The maximum absolute atomic E-state index is 13.1. The number of urea groups is 1. The summed E-state index contributed by atoms with van der Waals surface area (Å²) in [5.74, 6) is -0.434. The number of carbonyl (C=O) groups excluding carboxylic acids is 3. The van der Waals surface area contributed by atoms with Gasteiger partial charge in [-0.3, -0.25) is 19.6 Å². The Kier molecular flexibility index (Phi) is 4.83. The SMILES string of the molecule is CC1(c2ccc(CNC(=O)C3(n4cccn4)CCNCC3)cc2)NC(=O)NC1=O. The molecule has 2 saturated heterocycles. The van der Waals surface area contributed by atoms with Gasteiger partial charge in [-0.05, 0) is 50.0 Å². The molecular weight excluding hydrogens is 372 g/mol. The molecule has 4 amide bonds. The highest BCUT2D eigenvalue weighted by Crippen LogP contribution is 2.28. The van der Waals surface area contributed by atoms with Crippen molar-refractivity contribution < 1.29 is 14.4 Å². The minimum atomic E-state index is -1.09. The lowest BCUT2D eigenvalue weighted by molar-refractivity contribution is -0.132. The van der Waals surface area contributed by atoms with Crippen LogP contribution in [0.1, 0.15) is 30.9 Å². The average Bonchev–Trinajstić information content (AvgIpc) is 3.36. The van der Waals surface area contributed by atoms with E-state index < -0.39 is 17.1 Å². The number of amides is 4. The van der Waals surface area contributed by atoms with Gasteiger partial charge < -0.3 is 16.0 Å². The number of imide groups is 1. The molecule has 1 aromatic carbocycles. The van der Waals surface area contributed by atoms with Gasteiger partial charge in [-0.15, -0.1) is 0 Å². The van der Waals surface area contributed by atoms with Gasteiger partial charge in [0, 0.05) is 18.9 Å². The summed E-state index contributed by atoms with van der Waals surface area (Å²) in [7, 11) is 0. The van der Waals surface area contributed by atoms with Gasteiger partial charge in [-0.1, -0.05) is 24.3 Å². The fourth-order valence-electron chi connectivity index (χ4n) is 3.97. The van der Waals surface area contributed by atoms with Gasteiger partial charge in [0.25, 0.3) is 5.91 Å². The van der Waals surface area contributed by atoms with Crippen molar-refractivity contribution in [2.75, 3.05) is 13.1 Å². The van der Waals surface area contributed by atoms with Gasteiger partial charge in [0.05, 0.1) is 0 Å². The molecule has 0 bridgehead atoms. The monoisotopic (exact) mass is 396 g/mol. The summed E-state index contributed by atoms with van der Waals surface area (Å²) < 4.78 is 1.76. The van der Waals surface area contributed by atoms with Gasteiger partial charge >= 0.3 is 6.03 Å². The Balaban J connectivity index is 1.45. The molecule has 152 valence electrons. The number of hydrogen-bond acceptors (Lipinski definition) is 5. The molecule has 0 saturated carbocycles. The molecule has 9 nitrogen and oxygen atoms in total. The van der Waals surface area contributed by atoms with Gasteiger partial charge in [0.1, 0.15) is 11.1 Å². The minimum absolute atomic E-state index is 0.0545. The zero-order chi connectivity index (χ0) is 20.5. The van der Waals surface area contributed by atoms with E-state index in [0.29, 0.717) is 24.9 Å². The second-order valence-electron chi connectivity index (χ2n) is 7.65. The molecule has 0 aliphatic carbocycles. The highest BCUT2D eigenvalue weighted by Gasteiger charge is 2.43. The Labute approximate surface area is 168 Å². The van der Waals surface area contributed by atoms with Gasteiger partial charge in [0.2, 0.25) is 5.91 Å². The number of benzene rings is 1. The van der Waals surface area contributed by atoms with Crippen LogP contribution in [0.15, 0.2) is 42.7 Å². The third-order valence-electron chi connectivity index (χ3n) is 5.83. The van der Waals surface area contributed by atoms with Crippen molar-refractivity contribution in [1.29, 1.82) is 0 Å². The summed E-state index contributed by atoms with van der Waals surface area (Å²) in [4.78, 5) is 36.6. The third-order valence-corrected chi connectivity index (χ3v) is 5.83. The molecule has 3 heterocycles. The summed E-state index contributed by atoms with van der Waals surface area (Å²) in [5, 5.41) is 15.5. The first kappa shape index (κ1) is 19.1. The molecule has 1 unspecified atom stereocenters. The van der Waals surface area contributed by atoms with Crippen LogP contribution in [-0.4, -0.2) is 40.7 Å². The van der Waals surface area contributed by atoms with Gasteiger partial charge in [0.15, 0.2) is 0 Å². The van der Waals surface area contributed by atoms with Crippen molar-refractivity contribution in [2.45, 2.75) is 37.4 Å². The summed E-state index contributed by atoms with van der Waals surface area (Å²) in [6.07, 6.45) is 4.87. The maximum Gasteiger partial charge on any atom is 0.322 e. The van der Waals surface area contributed by atoms with Crippen molar-refractivity contribution in [3.63, 3.8) is 0 Å². The number of aromatic nitrogens is 2. The molecule has 2 aliphatic heterocycles. The molecule has 9 heteroatoms. The molecule has 1 atom stereocenters. The second-order valence-corrected chi connectivity index (χ2v) is 7.65. The fraction of sp³-hybridized carbons (Fsp3) is 0.400. The Hall–Kier alpha value is -3.20. The Bertz CT molecular complexity index is 918. The number of hydrogen-bond donors (Lipinski definition) is 4. The molecule has 2 aromatic rings. The Morgan fingerprint density at radius 3 is 2.52 bits per heavy atom. The van der Waals surface area contributed by atoms with E-state index in [1.807, 2.05) is 24.4 Å². The molecule has 1 aromatic heterocycles. The van der Waals surface area contributed by atoms with E-state index in [-0.39, 0.29) is 11.8 Å². The van der Waals surface area contributed by atoms with E-state index in [0.717, 1.165) is 18.7 Å². The highest BCUT2D eigenvalue weighted by atomic mass is 16.2. The van der Waals surface area contributed by atoms with E-state index in [1.54, 1.807) is 29.9 Å². The average molecular weight is 396 g/mol. The molecule has 29 heavy (non-hydrogen) atoms. The number of piperidine rings is 1. The van der Waals surface area contributed by atoms with Crippen LogP contribution in [0.25, 0.3) is 0 Å². The first-order valence-electron chi connectivity index (χ1n) is 9.66. The van der Waals surface area contributed by atoms with Gasteiger partial charge in [-0.25, -0.2) is 4.79 Å². The molecular formula is C20H24N6O3. The molecule has 2 aliphatic rings. The first-order chi connectivity index (χ1) is 13.9. The molecule has 0 spiro atoms. The Morgan fingerprint density at radius 2 is 1.93 bits per heavy atom. The number of nitrogens with one attached hydrogen (secondary N) is 4. The van der Waals surface area contributed by atoms with Crippen LogP contribution in [0.3, 0.4) is 0 Å². The van der Waals surface area contributed by atoms with E-state index in [9.17, 15) is 14.4 Å². The van der Waals surface area contributed by atoms with E-state index in [2.05, 4.69) is 26.4 Å². The predicted octanol–water partition coefficient (Wildman–Crippen LogP) is 0.333. The van der Waals surface area contributed by atoms with E-state index in [4.69, 9.17) is 0 Å². The quantitative estimate of drug-likeness (QED) is 0.544. The van der Waals surface area contributed by atoms with Crippen LogP contribution in [0.5, 0.6) is 0 Å². The number of rotatable bonds is 5. The normalized spacial score (nSPS) is 23.3. The van der Waals surface area contributed by atoms with Crippen LogP contribution in [-0.2, 0) is 27.2 Å². The third kappa shape index (κ3) is 3.38. The zero-order valence-corrected chi connectivity index (χ0v) is 16.2. The van der Waals surface area contributed by atoms with Crippen molar-refractivity contribution >= 4 is 17.8 Å². The lowest BCUT2D eigenvalue weighted by Gasteiger charge is -2.36. The minimum Gasteiger partial charge on any atom is -0.350 e. The second kappa shape index (κ2) is 7.32. The van der Waals surface area contributed by atoms with E-state index >= 15 is 0 Å². The van der Waals surface area contributed by atoms with Crippen LogP contribution in [0, 0.1) is 0 Å². The topological polar surface area (TPSA) is 117 Å². The summed E-state index contributed by atoms with van der Waals surface area (Å²) in [5.41, 5.74) is -0.186. The standard InChI is InChI=1S/C20H24N6O3/c1-19(16(27)24-18(29)25-19)15-5-3-14(4-6-15)13-22-17(28)20(7-10-21-11-8-20)26-12-2-9-23-26/h2-6,9,12,21H,7-8,10-11,13H2,1H3,(H,22,28)(H2,24,25,27,29). The van der Waals surface area contributed by atoms with Crippen LogP contribution in [0.2, 0.25) is 0 Å². The fourth-order valence-corrected chi connectivity index (χ4v) is 3.97. The van der Waals surface area contributed by atoms with E-state index in [1.165, 1.54) is 0 Å². The number of carbonyl (C=O) groups is 3. The smallest absolute Gasteiger partial charge is 0.322 e. The highest BCUT2D eigenvalue weighted by molar-refractivity contribution is 6.07. The van der Waals surface area contributed by atoms with Crippen LogP contribution in [0.4, 0.5) is 4.79 Å². The lowest BCUT2D eigenvalue weighted by Crippen LogP contribution is -2.54. The van der Waals surface area contributed by atoms with Crippen molar-refractivity contribution in [1.82, 2.24) is 31.0 Å². The molecule has 0 radical (unpaired) electrons. The summed E-state index contributed by atoms with van der Waals surface area (Å²) in [6.45, 7) is 3.54. The zero-order valence-electron chi connectivity index (χ0n) is 16.2. The summed E-state index contributed by atoms with van der Waals surface area (Å²) in [6, 6.07) is 8.61. The number of nitrogens with zero attached hydrogens (tertiary/aromatic N) is 2. The van der Waals surface area contributed by atoms with Crippen LogP contribution < -0.4 is 21.3 Å². The van der Waals surface area contributed by atoms with Crippen LogP contribution >= 0.6 is 0 Å². The molecule has 4 rings (SSSR count). The van der Waals surface area contributed by atoms with Crippen molar-refractivity contribution in [3.05, 3.63) is 53.9 Å². The largest absolute Gasteiger partial charge is 0.350 e. The maximum atomic E-state index is 13.1. The Morgan fingerprint density at radius 1 is 1.21 bits per heavy atom. The summed E-state index contributed by atoms with van der Waals surface area (Å²) >= 11 is 0. The van der Waals surface area contributed by atoms with Gasteiger partial charge in [-0.2, -0.15) is 5.10 Å². The van der Waals surface area contributed by atoms with Crippen molar-refractivity contribution in [2.24, 2.45) is 0 Å².